The number of nitrogens with zero attached hydrogens (tertiary/aromatic N) is 1. The zero-order chi connectivity index (χ0) is 13.4. The number of carbonyl (C=O) groups is 1. The number of hydrogen-bond donors (Lipinski definition) is 0. The third-order valence-corrected chi connectivity index (χ3v) is 5.25. The van der Waals surface area contributed by atoms with Crippen LogP contribution in [0.4, 0.5) is 4.79 Å². The van der Waals surface area contributed by atoms with Gasteiger partial charge in [-0.15, -0.1) is 0 Å². The molecule has 0 aromatic carbocycles. The van der Waals surface area contributed by atoms with E-state index in [2.05, 4.69) is 9.11 Å². The van der Waals surface area contributed by atoms with Crippen molar-refractivity contribution in [2.24, 2.45) is 0 Å². The van der Waals surface area contributed by atoms with Crippen LogP contribution in [0.1, 0.15) is 0 Å². The Bertz CT molecular complexity index is 608. The fraction of sp³-hybridized carbons (Fsp3) is 0.333. The maximum absolute atomic E-state index is 11.3. The zero-order valence-corrected chi connectivity index (χ0v) is 11.7. The van der Waals surface area contributed by atoms with Crippen molar-refractivity contribution in [3.63, 3.8) is 0 Å². The van der Waals surface area contributed by atoms with Gasteiger partial charge in [0.1, 0.15) is 0 Å². The van der Waals surface area contributed by atoms with Gasteiger partial charge < -0.3 is 4.74 Å². The second kappa shape index (κ2) is 4.52. The van der Waals surface area contributed by atoms with E-state index in [1.807, 2.05) is 0 Å². The average molecular weight is 320 g/mol. The number of aromatic nitrogens is 1. The molecule has 0 N–H and O–H groups in total. The highest BCUT2D eigenvalue weighted by atomic mass is 35.5. The van der Waals surface area contributed by atoms with Crippen LogP contribution < -0.4 is 4.74 Å². The summed E-state index contributed by atoms with van der Waals surface area (Å²) < 4.78 is 52.6. The Morgan fingerprint density at radius 2 is 1.76 bits per heavy atom. The van der Waals surface area contributed by atoms with Crippen LogP contribution in [0.5, 0.6) is 5.75 Å². The Morgan fingerprint density at radius 3 is 2.12 bits per heavy atom. The zero-order valence-electron chi connectivity index (χ0n) is 8.50. The largest absolute Gasteiger partial charge is 0.409 e. The van der Waals surface area contributed by atoms with Crippen molar-refractivity contribution in [2.75, 3.05) is 12.5 Å². The molecule has 0 spiro atoms. The molecule has 0 saturated heterocycles. The quantitative estimate of drug-likeness (QED) is 0.754. The van der Waals surface area contributed by atoms with Crippen molar-refractivity contribution >= 4 is 48.2 Å². The second-order valence-electron chi connectivity index (χ2n) is 2.99. The fourth-order valence-corrected chi connectivity index (χ4v) is 3.83. The highest BCUT2D eigenvalue weighted by molar-refractivity contribution is 7.93. The van der Waals surface area contributed by atoms with Crippen molar-refractivity contribution in [1.82, 2.24) is 4.37 Å². The van der Waals surface area contributed by atoms with Gasteiger partial charge in [0, 0.05) is 24.1 Å². The molecule has 1 heterocycles. The Labute approximate surface area is 106 Å². The SMILES string of the molecule is CS(=O)(=O)c1nsc(S(C)(=O)=O)c1OC(=O)Cl. The smallest absolute Gasteiger partial charge is 0.409 e. The summed E-state index contributed by atoms with van der Waals surface area (Å²) in [5.74, 6) is -0.653. The molecule has 11 heteroatoms. The predicted octanol–water partition coefficient (Wildman–Crippen LogP) is 0.688. The number of rotatable bonds is 3. The van der Waals surface area contributed by atoms with Gasteiger partial charge in [0.05, 0.1) is 0 Å². The lowest BCUT2D eigenvalue weighted by Gasteiger charge is -2.01. The van der Waals surface area contributed by atoms with Crippen molar-refractivity contribution in [3.05, 3.63) is 0 Å². The van der Waals surface area contributed by atoms with E-state index in [4.69, 9.17) is 11.6 Å². The number of halogens is 1. The standard InChI is InChI=1S/C6H6ClNO6S3/c1-16(10,11)4-3(14-6(7)9)5(15-8-4)17(2,12)13/h1-2H3. The molecule has 0 radical (unpaired) electrons. The summed E-state index contributed by atoms with van der Waals surface area (Å²) in [7, 11) is -7.58. The molecular weight excluding hydrogens is 314 g/mol. The first kappa shape index (κ1) is 14.4. The lowest BCUT2D eigenvalue weighted by Crippen LogP contribution is -2.06. The van der Waals surface area contributed by atoms with Gasteiger partial charge in [-0.2, -0.15) is 4.37 Å². The Balaban J connectivity index is 3.57. The van der Waals surface area contributed by atoms with E-state index in [0.29, 0.717) is 11.5 Å². The fourth-order valence-electron chi connectivity index (χ4n) is 0.891. The van der Waals surface area contributed by atoms with Crippen LogP contribution in [0, 0.1) is 0 Å². The maximum atomic E-state index is 11.3. The Kier molecular flexibility index (Phi) is 3.81. The van der Waals surface area contributed by atoms with E-state index in [1.54, 1.807) is 0 Å². The third kappa shape index (κ3) is 3.37. The minimum atomic E-state index is -3.82. The molecule has 1 aromatic rings. The van der Waals surface area contributed by atoms with Gasteiger partial charge in [0.15, 0.2) is 23.9 Å². The van der Waals surface area contributed by atoms with Gasteiger partial charge in [-0.3, -0.25) is 0 Å². The molecule has 7 nitrogen and oxygen atoms in total. The monoisotopic (exact) mass is 319 g/mol. The first-order valence-corrected chi connectivity index (χ1v) is 8.74. The maximum Gasteiger partial charge on any atom is 0.409 e. The van der Waals surface area contributed by atoms with Crippen LogP contribution in [0.3, 0.4) is 0 Å². The first-order valence-electron chi connectivity index (χ1n) is 3.80. The van der Waals surface area contributed by atoms with Gasteiger partial charge in [0.2, 0.25) is 10.8 Å². The molecule has 0 atom stereocenters. The molecule has 0 aliphatic carbocycles. The minimum Gasteiger partial charge on any atom is -0.409 e. The molecule has 0 unspecified atom stereocenters. The topological polar surface area (TPSA) is 107 Å². The molecule has 0 aliphatic heterocycles. The number of ether oxygens (including phenoxy) is 1. The molecule has 1 aromatic heterocycles. The third-order valence-electron chi connectivity index (χ3n) is 1.46. The summed E-state index contributed by atoms with van der Waals surface area (Å²) in [5, 5.41) is -0.628. The van der Waals surface area contributed by atoms with E-state index in [-0.39, 0.29) is 0 Å². The van der Waals surface area contributed by atoms with Gasteiger partial charge in [-0.1, -0.05) is 0 Å². The predicted molar refractivity (Wildman–Crippen MR) is 60.2 cm³/mol. The average Bonchev–Trinajstić information content (AvgIpc) is 2.43. The van der Waals surface area contributed by atoms with E-state index < -0.39 is 40.1 Å². The number of carbonyl (C=O) groups excluding carboxylic acids is 1. The first-order chi connectivity index (χ1) is 7.53. The van der Waals surface area contributed by atoms with Gasteiger partial charge in [-0.05, 0) is 11.5 Å². The van der Waals surface area contributed by atoms with Crippen molar-refractivity contribution in [1.29, 1.82) is 0 Å². The van der Waals surface area contributed by atoms with Crippen LogP contribution in [0.2, 0.25) is 0 Å². The summed E-state index contributed by atoms with van der Waals surface area (Å²) in [6.07, 6.45) is 1.64. The number of hydrogen-bond acceptors (Lipinski definition) is 8. The molecule has 0 amide bonds. The van der Waals surface area contributed by atoms with Crippen LogP contribution in [0.25, 0.3) is 0 Å². The lowest BCUT2D eigenvalue weighted by molar-refractivity contribution is 0.223. The summed E-state index contributed by atoms with van der Waals surface area (Å²) >= 11 is 5.34. The molecule has 0 bridgehead atoms. The van der Waals surface area contributed by atoms with Crippen LogP contribution in [0.15, 0.2) is 9.24 Å². The van der Waals surface area contributed by atoms with E-state index in [0.717, 1.165) is 12.5 Å². The van der Waals surface area contributed by atoms with Crippen LogP contribution in [-0.4, -0.2) is 39.1 Å². The van der Waals surface area contributed by atoms with E-state index in [9.17, 15) is 21.6 Å². The highest BCUT2D eigenvalue weighted by Gasteiger charge is 2.29. The summed E-state index contributed by atoms with van der Waals surface area (Å²) in [5.41, 5.74) is -1.35. The molecule has 0 saturated carbocycles. The molecular formula is C6H6ClNO6S3. The van der Waals surface area contributed by atoms with Crippen molar-refractivity contribution < 1.29 is 26.4 Å². The molecule has 1 rings (SSSR count). The van der Waals surface area contributed by atoms with Crippen molar-refractivity contribution in [3.8, 4) is 5.75 Å². The summed E-state index contributed by atoms with van der Waals surface area (Å²) in [6.45, 7) is 0. The van der Waals surface area contributed by atoms with Crippen LogP contribution >= 0.6 is 23.1 Å². The summed E-state index contributed by atoms with van der Waals surface area (Å²) in [4.78, 5) is 10.6. The molecule has 96 valence electrons. The lowest BCUT2D eigenvalue weighted by atomic mass is 10.7. The van der Waals surface area contributed by atoms with Gasteiger partial charge >= 0.3 is 5.43 Å². The Morgan fingerprint density at radius 1 is 1.24 bits per heavy atom. The minimum absolute atomic E-state index is 0.399. The van der Waals surface area contributed by atoms with Crippen LogP contribution in [-0.2, 0) is 19.7 Å². The van der Waals surface area contributed by atoms with E-state index in [1.165, 1.54) is 0 Å². The van der Waals surface area contributed by atoms with Crippen molar-refractivity contribution in [2.45, 2.75) is 9.24 Å². The highest BCUT2D eigenvalue weighted by Crippen LogP contribution is 2.35. The summed E-state index contributed by atoms with van der Waals surface area (Å²) in [6, 6.07) is 0. The molecule has 0 fully saturated rings. The molecule has 17 heavy (non-hydrogen) atoms. The van der Waals surface area contributed by atoms with Gasteiger partial charge in [-0.25, -0.2) is 21.6 Å². The van der Waals surface area contributed by atoms with Gasteiger partial charge in [0.25, 0.3) is 0 Å². The number of sulfone groups is 2. The molecule has 0 aliphatic rings. The second-order valence-corrected chi connectivity index (χ2v) is 8.21. The normalized spacial score (nSPS) is 12.4. The van der Waals surface area contributed by atoms with E-state index >= 15 is 0 Å². The Hall–Kier alpha value is -0.710.